The van der Waals surface area contributed by atoms with E-state index in [1.165, 1.54) is 12.8 Å². The highest BCUT2D eigenvalue weighted by Crippen LogP contribution is 2.31. The molecule has 1 fully saturated rings. The number of rotatable bonds is 4. The average Bonchev–Trinajstić information content (AvgIpc) is 3.01. The van der Waals surface area contributed by atoms with Crippen molar-refractivity contribution >= 4 is 5.69 Å². The zero-order chi connectivity index (χ0) is 9.97. The van der Waals surface area contributed by atoms with Crippen molar-refractivity contribution in [3.8, 4) is 11.5 Å². The Morgan fingerprint density at radius 2 is 1.93 bits per heavy atom. The van der Waals surface area contributed by atoms with Crippen LogP contribution in [0.25, 0.3) is 0 Å². The molecule has 1 saturated carbocycles. The van der Waals surface area contributed by atoms with Crippen LogP contribution in [0.4, 0.5) is 5.69 Å². The average molecular weight is 193 g/mol. The molecule has 1 aliphatic carbocycles. The van der Waals surface area contributed by atoms with E-state index in [-0.39, 0.29) is 0 Å². The van der Waals surface area contributed by atoms with Crippen LogP contribution >= 0.6 is 0 Å². The number of anilines is 1. The maximum atomic E-state index is 5.69. The maximum Gasteiger partial charge on any atom is 0.125 e. The first kappa shape index (κ1) is 9.19. The highest BCUT2D eigenvalue weighted by Gasteiger charge is 2.23. The second kappa shape index (κ2) is 3.78. The van der Waals surface area contributed by atoms with E-state index in [0.717, 1.165) is 17.2 Å². The number of ether oxygens (including phenoxy) is 2. The predicted octanol–water partition coefficient (Wildman–Crippen LogP) is 2.28. The molecule has 3 nitrogen and oxygen atoms in total. The summed E-state index contributed by atoms with van der Waals surface area (Å²) in [6, 6.07) is 5.85. The quantitative estimate of drug-likeness (QED) is 0.795. The molecule has 0 aliphatic heterocycles. The van der Waals surface area contributed by atoms with Gasteiger partial charge in [-0.15, -0.1) is 0 Å². The molecule has 1 aromatic rings. The van der Waals surface area contributed by atoms with E-state index in [1.807, 2.05) is 25.2 Å². The van der Waals surface area contributed by atoms with E-state index >= 15 is 0 Å². The zero-order valence-electron chi connectivity index (χ0n) is 8.54. The number of nitrogens with one attached hydrogen (secondary N) is 1. The van der Waals surface area contributed by atoms with Gasteiger partial charge in [0.1, 0.15) is 11.5 Å². The minimum atomic E-state index is 0.423. The molecule has 0 amide bonds. The molecule has 0 bridgehead atoms. The number of hydrogen-bond acceptors (Lipinski definition) is 3. The van der Waals surface area contributed by atoms with Crippen molar-refractivity contribution in [3.05, 3.63) is 18.2 Å². The van der Waals surface area contributed by atoms with Gasteiger partial charge < -0.3 is 14.8 Å². The van der Waals surface area contributed by atoms with Crippen molar-refractivity contribution in [1.82, 2.24) is 0 Å². The van der Waals surface area contributed by atoms with Gasteiger partial charge in [0, 0.05) is 30.9 Å². The smallest absolute Gasteiger partial charge is 0.125 e. The van der Waals surface area contributed by atoms with Gasteiger partial charge in [-0.05, 0) is 12.8 Å². The van der Waals surface area contributed by atoms with Gasteiger partial charge in [-0.3, -0.25) is 0 Å². The summed E-state index contributed by atoms with van der Waals surface area (Å²) in [6.45, 7) is 0. The summed E-state index contributed by atoms with van der Waals surface area (Å²) in [5, 5.41) is 3.08. The molecule has 0 aromatic heterocycles. The van der Waals surface area contributed by atoms with Crippen LogP contribution in [0.3, 0.4) is 0 Å². The van der Waals surface area contributed by atoms with E-state index in [2.05, 4.69) is 5.32 Å². The van der Waals surface area contributed by atoms with Crippen molar-refractivity contribution in [3.63, 3.8) is 0 Å². The van der Waals surface area contributed by atoms with Crippen molar-refractivity contribution in [2.24, 2.45) is 0 Å². The Balaban J connectivity index is 2.19. The SMILES string of the molecule is CNc1cc(OC)cc(OC2CC2)c1. The van der Waals surface area contributed by atoms with Crippen molar-refractivity contribution in [1.29, 1.82) is 0 Å². The third kappa shape index (κ3) is 2.10. The van der Waals surface area contributed by atoms with Crippen LogP contribution in [-0.4, -0.2) is 20.3 Å². The van der Waals surface area contributed by atoms with Crippen molar-refractivity contribution in [2.75, 3.05) is 19.5 Å². The molecule has 76 valence electrons. The Morgan fingerprint density at radius 3 is 2.50 bits per heavy atom. The maximum absolute atomic E-state index is 5.69. The van der Waals surface area contributed by atoms with E-state index in [1.54, 1.807) is 7.11 Å². The number of hydrogen-bond donors (Lipinski definition) is 1. The fraction of sp³-hybridized carbons (Fsp3) is 0.455. The fourth-order valence-electron chi connectivity index (χ4n) is 1.28. The van der Waals surface area contributed by atoms with Crippen LogP contribution in [0, 0.1) is 0 Å². The van der Waals surface area contributed by atoms with E-state index in [0.29, 0.717) is 6.10 Å². The first-order chi connectivity index (χ1) is 6.81. The Bertz CT molecular complexity index is 299. The fourth-order valence-corrected chi connectivity index (χ4v) is 1.28. The van der Waals surface area contributed by atoms with Crippen LogP contribution in [-0.2, 0) is 0 Å². The van der Waals surface area contributed by atoms with E-state index < -0.39 is 0 Å². The molecule has 0 heterocycles. The molecule has 0 saturated heterocycles. The zero-order valence-corrected chi connectivity index (χ0v) is 8.54. The first-order valence-electron chi connectivity index (χ1n) is 4.85. The largest absolute Gasteiger partial charge is 0.497 e. The lowest BCUT2D eigenvalue weighted by Crippen LogP contribution is -1.98. The lowest BCUT2D eigenvalue weighted by atomic mass is 10.3. The van der Waals surface area contributed by atoms with Crippen LogP contribution in [0.1, 0.15) is 12.8 Å². The molecule has 0 radical (unpaired) electrons. The summed E-state index contributed by atoms with van der Waals surface area (Å²) in [7, 11) is 3.55. The van der Waals surface area contributed by atoms with Gasteiger partial charge in [0.15, 0.2) is 0 Å². The van der Waals surface area contributed by atoms with Gasteiger partial charge in [-0.25, -0.2) is 0 Å². The highest BCUT2D eigenvalue weighted by molar-refractivity contribution is 5.53. The molecule has 3 heteroatoms. The summed E-state index contributed by atoms with van der Waals surface area (Å²) in [4.78, 5) is 0. The van der Waals surface area contributed by atoms with Gasteiger partial charge in [-0.1, -0.05) is 0 Å². The van der Waals surface area contributed by atoms with E-state index in [9.17, 15) is 0 Å². The molecule has 1 N–H and O–H groups in total. The molecular formula is C11H15NO2. The van der Waals surface area contributed by atoms with Crippen molar-refractivity contribution in [2.45, 2.75) is 18.9 Å². The molecule has 14 heavy (non-hydrogen) atoms. The summed E-state index contributed by atoms with van der Waals surface area (Å²) in [5.74, 6) is 1.71. The normalized spacial score (nSPS) is 15.0. The van der Waals surface area contributed by atoms with Gasteiger partial charge >= 0.3 is 0 Å². The van der Waals surface area contributed by atoms with Gasteiger partial charge in [-0.2, -0.15) is 0 Å². The van der Waals surface area contributed by atoms with Crippen molar-refractivity contribution < 1.29 is 9.47 Å². The minimum Gasteiger partial charge on any atom is -0.497 e. The Kier molecular flexibility index (Phi) is 2.48. The monoisotopic (exact) mass is 193 g/mol. The predicted molar refractivity (Wildman–Crippen MR) is 56.2 cm³/mol. The van der Waals surface area contributed by atoms with Crippen LogP contribution in [0.15, 0.2) is 18.2 Å². The number of methoxy groups -OCH3 is 1. The summed E-state index contributed by atoms with van der Waals surface area (Å²) in [5.41, 5.74) is 1.01. The minimum absolute atomic E-state index is 0.423. The molecule has 0 unspecified atom stereocenters. The highest BCUT2D eigenvalue weighted by atomic mass is 16.5. The van der Waals surface area contributed by atoms with Gasteiger partial charge in [0.25, 0.3) is 0 Å². The molecule has 1 aromatic carbocycles. The molecule has 1 aliphatic rings. The summed E-state index contributed by atoms with van der Waals surface area (Å²) in [6.07, 6.45) is 2.77. The molecule has 2 rings (SSSR count). The third-order valence-electron chi connectivity index (χ3n) is 2.23. The Morgan fingerprint density at radius 1 is 1.21 bits per heavy atom. The van der Waals surface area contributed by atoms with E-state index in [4.69, 9.17) is 9.47 Å². The Labute approximate surface area is 84.0 Å². The van der Waals surface area contributed by atoms with Crippen LogP contribution in [0.2, 0.25) is 0 Å². The van der Waals surface area contributed by atoms with Crippen LogP contribution < -0.4 is 14.8 Å². The molecule has 0 atom stereocenters. The molecular weight excluding hydrogens is 178 g/mol. The summed E-state index contributed by atoms with van der Waals surface area (Å²) >= 11 is 0. The topological polar surface area (TPSA) is 30.5 Å². The molecule has 0 spiro atoms. The lowest BCUT2D eigenvalue weighted by molar-refractivity contribution is 0.301. The van der Waals surface area contributed by atoms with Crippen LogP contribution in [0.5, 0.6) is 11.5 Å². The third-order valence-corrected chi connectivity index (χ3v) is 2.23. The second-order valence-corrected chi connectivity index (χ2v) is 3.46. The summed E-state index contributed by atoms with van der Waals surface area (Å²) < 4.78 is 10.9. The second-order valence-electron chi connectivity index (χ2n) is 3.46. The van der Waals surface area contributed by atoms with Gasteiger partial charge in [0.2, 0.25) is 0 Å². The first-order valence-corrected chi connectivity index (χ1v) is 4.85. The lowest BCUT2D eigenvalue weighted by Gasteiger charge is -2.09. The number of benzene rings is 1. The Hall–Kier alpha value is -1.38. The standard InChI is InChI=1S/C11H15NO2/c1-12-8-5-10(13-2)7-11(6-8)14-9-3-4-9/h5-7,9,12H,3-4H2,1-2H3. The van der Waals surface area contributed by atoms with Gasteiger partial charge in [0.05, 0.1) is 13.2 Å².